The van der Waals surface area contributed by atoms with Gasteiger partial charge in [-0.1, -0.05) is 36.4 Å². The van der Waals surface area contributed by atoms with Gasteiger partial charge < -0.3 is 10.2 Å². The van der Waals surface area contributed by atoms with Crippen molar-refractivity contribution >= 4 is 34.0 Å². The predicted molar refractivity (Wildman–Crippen MR) is 76.9 cm³/mol. The zero-order chi connectivity index (χ0) is 10.2. The first-order valence-corrected chi connectivity index (χ1v) is 4.27. The van der Waals surface area contributed by atoms with Gasteiger partial charge in [0.1, 0.15) is 11.5 Å². The fourth-order valence-electron chi connectivity index (χ4n) is 0.856. The predicted octanol–water partition coefficient (Wildman–Crippen LogP) is 3.94. The van der Waals surface area contributed by atoms with E-state index < -0.39 is 0 Å². The molecule has 92 valence electrons. The van der Waals surface area contributed by atoms with Crippen molar-refractivity contribution in [2.75, 3.05) is 0 Å². The summed E-state index contributed by atoms with van der Waals surface area (Å²) in [5, 5.41) is 17.3. The van der Waals surface area contributed by atoms with E-state index in [0.29, 0.717) is 11.5 Å². The Balaban J connectivity index is -0.000000196. The Kier molecular flexibility index (Phi) is 18.1. The molecular formula is C12H14Br2HfO2. The molecule has 0 saturated carbocycles. The van der Waals surface area contributed by atoms with Crippen molar-refractivity contribution in [3.8, 4) is 11.5 Å². The average Bonchev–Trinajstić information content (AvgIpc) is 2.21. The maximum atomic E-state index is 8.63. The second kappa shape index (κ2) is 13.9. The summed E-state index contributed by atoms with van der Waals surface area (Å²) in [4.78, 5) is 0. The monoisotopic (exact) mass is 528 g/mol. The normalized spacial score (nSPS) is 7.06. The zero-order valence-corrected chi connectivity index (χ0v) is 16.0. The van der Waals surface area contributed by atoms with E-state index in [-0.39, 0.29) is 59.8 Å². The van der Waals surface area contributed by atoms with Gasteiger partial charge in [-0.15, -0.1) is 34.0 Å². The molecular weight excluding hydrogens is 514 g/mol. The van der Waals surface area contributed by atoms with Crippen molar-refractivity contribution in [1.29, 1.82) is 0 Å². The molecule has 0 fully saturated rings. The van der Waals surface area contributed by atoms with Crippen LogP contribution in [0.4, 0.5) is 0 Å². The third kappa shape index (κ3) is 12.1. The van der Waals surface area contributed by atoms with Crippen molar-refractivity contribution in [3.05, 3.63) is 60.7 Å². The molecule has 0 atom stereocenters. The van der Waals surface area contributed by atoms with Gasteiger partial charge in [0.05, 0.1) is 0 Å². The van der Waals surface area contributed by atoms with Gasteiger partial charge in [-0.25, -0.2) is 0 Å². The molecule has 0 spiro atoms. The molecule has 2 N–H and O–H groups in total. The third-order valence-corrected chi connectivity index (χ3v) is 1.51. The number of halogens is 2. The van der Waals surface area contributed by atoms with E-state index in [1.807, 2.05) is 12.1 Å². The van der Waals surface area contributed by atoms with Crippen LogP contribution in [0.3, 0.4) is 0 Å². The summed E-state index contributed by atoms with van der Waals surface area (Å²) < 4.78 is 0. The molecule has 0 aromatic heterocycles. The minimum absolute atomic E-state index is 0. The van der Waals surface area contributed by atoms with Crippen LogP contribution in [0.25, 0.3) is 0 Å². The van der Waals surface area contributed by atoms with E-state index in [1.54, 1.807) is 48.5 Å². The summed E-state index contributed by atoms with van der Waals surface area (Å²) in [5.74, 6) is 0.644. The number of rotatable bonds is 0. The van der Waals surface area contributed by atoms with Crippen molar-refractivity contribution < 1.29 is 36.1 Å². The average molecular weight is 529 g/mol. The fourth-order valence-corrected chi connectivity index (χ4v) is 0.856. The van der Waals surface area contributed by atoms with E-state index in [2.05, 4.69) is 0 Å². The van der Waals surface area contributed by atoms with Gasteiger partial charge in [0.25, 0.3) is 0 Å². The molecule has 0 aliphatic rings. The Bertz CT molecular complexity index is 320. The number of phenolic OH excluding ortho intramolecular Hbond substituents is 2. The van der Waals surface area contributed by atoms with Gasteiger partial charge in [-0.3, -0.25) is 0 Å². The van der Waals surface area contributed by atoms with Crippen molar-refractivity contribution in [1.82, 2.24) is 0 Å². The van der Waals surface area contributed by atoms with Crippen LogP contribution >= 0.6 is 34.0 Å². The SMILES string of the molecule is Br.Br.Oc1ccccc1.Oc1ccccc1.[Hf]. The molecule has 17 heavy (non-hydrogen) atoms. The summed E-state index contributed by atoms with van der Waals surface area (Å²) in [6.07, 6.45) is 0. The summed E-state index contributed by atoms with van der Waals surface area (Å²) >= 11 is 0. The van der Waals surface area contributed by atoms with Gasteiger partial charge in [0.2, 0.25) is 0 Å². The molecule has 2 rings (SSSR count). The summed E-state index contributed by atoms with van der Waals surface area (Å²) in [5.41, 5.74) is 0. The van der Waals surface area contributed by atoms with E-state index in [4.69, 9.17) is 10.2 Å². The van der Waals surface area contributed by atoms with Crippen LogP contribution in [0, 0.1) is 0 Å². The molecule has 0 unspecified atom stereocenters. The Morgan fingerprint density at radius 3 is 0.882 bits per heavy atom. The number of hydrogen-bond acceptors (Lipinski definition) is 2. The number of para-hydroxylation sites is 2. The molecule has 0 amide bonds. The van der Waals surface area contributed by atoms with Gasteiger partial charge >= 0.3 is 0 Å². The molecule has 2 aromatic carbocycles. The molecule has 0 aliphatic heterocycles. The van der Waals surface area contributed by atoms with E-state index in [9.17, 15) is 0 Å². The first-order valence-electron chi connectivity index (χ1n) is 4.27. The maximum Gasteiger partial charge on any atom is 0.115 e. The Labute approximate surface area is 141 Å². The molecule has 0 radical (unpaired) electrons. The van der Waals surface area contributed by atoms with Crippen LogP contribution in [0.2, 0.25) is 0 Å². The third-order valence-electron chi connectivity index (χ3n) is 1.51. The van der Waals surface area contributed by atoms with Crippen molar-refractivity contribution in [2.45, 2.75) is 0 Å². The minimum atomic E-state index is 0. The second-order valence-electron chi connectivity index (χ2n) is 2.67. The zero-order valence-electron chi connectivity index (χ0n) is 8.98. The van der Waals surface area contributed by atoms with Gasteiger partial charge in [-0.05, 0) is 24.3 Å². The molecule has 0 aliphatic carbocycles. The molecule has 0 saturated heterocycles. The molecule has 0 heterocycles. The summed E-state index contributed by atoms with van der Waals surface area (Å²) in [7, 11) is 0. The van der Waals surface area contributed by atoms with Crippen LogP contribution in [-0.4, -0.2) is 10.2 Å². The van der Waals surface area contributed by atoms with Crippen LogP contribution < -0.4 is 0 Å². The number of aromatic hydroxyl groups is 2. The fraction of sp³-hybridized carbons (Fsp3) is 0. The Morgan fingerprint density at radius 2 is 0.765 bits per heavy atom. The summed E-state index contributed by atoms with van der Waals surface area (Å²) in [6.45, 7) is 0. The van der Waals surface area contributed by atoms with Crippen LogP contribution in [-0.2, 0) is 25.8 Å². The van der Waals surface area contributed by atoms with Crippen LogP contribution in [0.15, 0.2) is 60.7 Å². The van der Waals surface area contributed by atoms with Crippen LogP contribution in [0.1, 0.15) is 0 Å². The van der Waals surface area contributed by atoms with E-state index >= 15 is 0 Å². The number of benzene rings is 2. The molecule has 5 heteroatoms. The topological polar surface area (TPSA) is 40.5 Å². The minimum Gasteiger partial charge on any atom is -0.508 e. The quantitative estimate of drug-likeness (QED) is 0.509. The van der Waals surface area contributed by atoms with Gasteiger partial charge in [0.15, 0.2) is 0 Å². The molecule has 2 aromatic rings. The maximum absolute atomic E-state index is 8.63. The Morgan fingerprint density at radius 1 is 0.529 bits per heavy atom. The first kappa shape index (κ1) is 22.1. The smallest absolute Gasteiger partial charge is 0.115 e. The van der Waals surface area contributed by atoms with Gasteiger partial charge in [0, 0.05) is 25.8 Å². The van der Waals surface area contributed by atoms with Crippen molar-refractivity contribution in [3.63, 3.8) is 0 Å². The van der Waals surface area contributed by atoms with Gasteiger partial charge in [-0.2, -0.15) is 0 Å². The second-order valence-corrected chi connectivity index (χ2v) is 2.67. The molecule has 0 bridgehead atoms. The van der Waals surface area contributed by atoms with E-state index in [0.717, 1.165) is 0 Å². The standard InChI is InChI=1S/2C6H6O.2BrH.Hf/c2*7-6-4-2-1-3-5-6;;;/h2*1-5,7H;2*1H;. The summed E-state index contributed by atoms with van der Waals surface area (Å²) in [6, 6.07) is 17.4. The van der Waals surface area contributed by atoms with Crippen molar-refractivity contribution in [2.24, 2.45) is 0 Å². The largest absolute Gasteiger partial charge is 0.508 e. The first-order chi connectivity index (χ1) is 6.79. The van der Waals surface area contributed by atoms with E-state index in [1.165, 1.54) is 0 Å². The Hall–Kier alpha value is -0.130. The number of phenols is 2. The number of hydrogen-bond donors (Lipinski definition) is 2. The van der Waals surface area contributed by atoms with Crippen LogP contribution in [0.5, 0.6) is 11.5 Å². The molecule has 2 nitrogen and oxygen atoms in total.